The summed E-state index contributed by atoms with van der Waals surface area (Å²) in [6.45, 7) is 12.0. The van der Waals surface area contributed by atoms with Gasteiger partial charge in [-0.3, -0.25) is 9.59 Å². The van der Waals surface area contributed by atoms with Gasteiger partial charge in [-0.1, -0.05) is 45.1 Å². The fourth-order valence-electron chi connectivity index (χ4n) is 4.98. The summed E-state index contributed by atoms with van der Waals surface area (Å²) in [7, 11) is 0. The highest BCUT2D eigenvalue weighted by Crippen LogP contribution is 2.37. The van der Waals surface area contributed by atoms with E-state index in [0.29, 0.717) is 18.4 Å². The number of rotatable bonds is 9. The molecule has 0 amide bonds. The van der Waals surface area contributed by atoms with Crippen LogP contribution in [-0.4, -0.2) is 80.2 Å². The zero-order chi connectivity index (χ0) is 29.5. The molecule has 2 aliphatic rings. The highest BCUT2D eigenvalue weighted by atomic mass is 16.6. The van der Waals surface area contributed by atoms with Crippen molar-refractivity contribution in [1.29, 1.82) is 0 Å². The predicted octanol–water partition coefficient (Wildman–Crippen LogP) is 3.14. The van der Waals surface area contributed by atoms with Gasteiger partial charge in [0.2, 0.25) is 0 Å². The van der Waals surface area contributed by atoms with Crippen molar-refractivity contribution < 1.29 is 44.2 Å². The summed E-state index contributed by atoms with van der Waals surface area (Å²) in [5, 5.41) is 42.2. The molecule has 4 N–H and O–H groups in total. The lowest BCUT2D eigenvalue weighted by Crippen LogP contribution is -2.42. The van der Waals surface area contributed by atoms with Crippen molar-refractivity contribution in [1.82, 2.24) is 0 Å². The zero-order valence-corrected chi connectivity index (χ0v) is 24.4. The number of carbonyl (C=O) groups is 2. The second-order valence-electron chi connectivity index (χ2n) is 11.7. The molecule has 9 nitrogen and oxygen atoms in total. The maximum atomic E-state index is 12.6. The van der Waals surface area contributed by atoms with Gasteiger partial charge in [0.1, 0.15) is 17.8 Å². The molecule has 0 bridgehead atoms. The number of hydrogen-bond acceptors (Lipinski definition) is 9. The van der Waals surface area contributed by atoms with Crippen LogP contribution in [0.15, 0.2) is 36.0 Å². The summed E-state index contributed by atoms with van der Waals surface area (Å²) < 4.78 is 16.8. The highest BCUT2D eigenvalue weighted by Gasteiger charge is 2.47. The van der Waals surface area contributed by atoms with Crippen LogP contribution in [0.5, 0.6) is 0 Å². The smallest absolute Gasteiger partial charge is 0.309 e. The third-order valence-corrected chi connectivity index (χ3v) is 7.66. The van der Waals surface area contributed by atoms with Crippen molar-refractivity contribution in [3.05, 3.63) is 36.0 Å². The van der Waals surface area contributed by atoms with Crippen molar-refractivity contribution >= 4 is 11.9 Å². The number of aliphatic hydroxyl groups is 4. The minimum atomic E-state index is -1.43. The molecular formula is C30H48O9. The summed E-state index contributed by atoms with van der Waals surface area (Å²) in [5.74, 6) is -1.46. The molecule has 0 spiro atoms. The van der Waals surface area contributed by atoms with Crippen LogP contribution in [0.4, 0.5) is 0 Å². The van der Waals surface area contributed by atoms with E-state index < -0.39 is 47.6 Å². The maximum absolute atomic E-state index is 12.6. The number of cyclic esters (lactones) is 1. The molecule has 0 radical (unpaired) electrons. The molecule has 1 fully saturated rings. The average molecular weight is 553 g/mol. The number of esters is 2. The van der Waals surface area contributed by atoms with Crippen molar-refractivity contribution in [2.45, 2.75) is 128 Å². The molecule has 39 heavy (non-hydrogen) atoms. The Morgan fingerprint density at radius 3 is 2.62 bits per heavy atom. The summed E-state index contributed by atoms with van der Waals surface area (Å²) in [6.07, 6.45) is 6.23. The molecule has 0 saturated carbocycles. The molecular weight excluding hydrogens is 504 g/mol. The standard InChI is InChI=1S/C30H48O9/c1-8-23(33)20(4)28-24(38-28)17-29(6,35)14-9-10-18(2)27-19(3)11-12-25(37-21(5)31)30(7,36)15-13-22(32)16-26(34)39-27/h9-12,14,19-20,22-25,27-28,32-33,35-36H,8,13,15-17H2,1-7H3/b12-11+,14-9+,18-10+/t19-,20+,22+,23-,24+,25-,27+,28+,29-,30+/m0/s1. The van der Waals surface area contributed by atoms with E-state index >= 15 is 0 Å². The molecule has 0 aromatic rings. The Morgan fingerprint density at radius 1 is 1.33 bits per heavy atom. The number of hydrogen-bond donors (Lipinski definition) is 4. The Hall–Kier alpha value is -2.04. The third-order valence-electron chi connectivity index (χ3n) is 7.66. The number of carbonyl (C=O) groups excluding carboxylic acids is 2. The van der Waals surface area contributed by atoms with E-state index in [0.717, 1.165) is 0 Å². The van der Waals surface area contributed by atoms with Gasteiger partial charge < -0.3 is 34.6 Å². The van der Waals surface area contributed by atoms with Crippen LogP contribution < -0.4 is 0 Å². The maximum Gasteiger partial charge on any atom is 0.309 e. The molecule has 2 rings (SSSR count). The van der Waals surface area contributed by atoms with Crippen LogP contribution in [0.1, 0.15) is 80.6 Å². The van der Waals surface area contributed by atoms with Crippen LogP contribution in [0.25, 0.3) is 0 Å². The topological polar surface area (TPSA) is 146 Å². The zero-order valence-electron chi connectivity index (χ0n) is 24.4. The molecule has 0 unspecified atom stereocenters. The second kappa shape index (κ2) is 14.0. The number of epoxide rings is 1. The molecule has 2 heterocycles. The van der Waals surface area contributed by atoms with E-state index in [1.807, 2.05) is 20.8 Å². The molecule has 9 heteroatoms. The van der Waals surface area contributed by atoms with Crippen LogP contribution in [-0.2, 0) is 23.8 Å². The first-order valence-electron chi connectivity index (χ1n) is 13.9. The molecule has 0 aromatic heterocycles. The number of ether oxygens (including phenoxy) is 3. The molecule has 222 valence electrons. The van der Waals surface area contributed by atoms with Gasteiger partial charge in [-0.2, -0.15) is 0 Å². The SMILES string of the molecule is CC[C@H](O)[C@@H](C)[C@H]1O[C@@H]1C[C@@](C)(O)/C=C/C=C(\C)[C@H]1OC(=O)C[C@H](O)CC[C@@](C)(O)[C@@H](OC(C)=O)/C=C/[C@@H]1C. The van der Waals surface area contributed by atoms with Gasteiger partial charge >= 0.3 is 11.9 Å². The molecule has 0 aromatic carbocycles. The first-order chi connectivity index (χ1) is 18.1. The normalized spacial score (nSPS) is 36.6. The van der Waals surface area contributed by atoms with Gasteiger partial charge in [0.25, 0.3) is 0 Å². The Kier molecular flexibility index (Phi) is 11.9. The number of allylic oxidation sites excluding steroid dienone is 2. The van der Waals surface area contributed by atoms with Crippen LogP contribution in [0.2, 0.25) is 0 Å². The third kappa shape index (κ3) is 10.5. The van der Waals surface area contributed by atoms with E-state index in [1.165, 1.54) is 13.8 Å². The van der Waals surface area contributed by atoms with Crippen LogP contribution >= 0.6 is 0 Å². The first kappa shape index (κ1) is 33.2. The predicted molar refractivity (Wildman–Crippen MR) is 146 cm³/mol. The quantitative estimate of drug-likeness (QED) is 0.147. The summed E-state index contributed by atoms with van der Waals surface area (Å²) in [4.78, 5) is 24.3. The van der Waals surface area contributed by atoms with Crippen molar-refractivity contribution in [3.63, 3.8) is 0 Å². The fraction of sp³-hybridized carbons (Fsp3) is 0.733. The van der Waals surface area contributed by atoms with E-state index in [4.69, 9.17) is 14.2 Å². The van der Waals surface area contributed by atoms with E-state index in [1.54, 1.807) is 44.2 Å². The van der Waals surface area contributed by atoms with Gasteiger partial charge in [-0.25, -0.2) is 0 Å². The lowest BCUT2D eigenvalue weighted by atomic mass is 9.88. The van der Waals surface area contributed by atoms with Crippen molar-refractivity contribution in [2.24, 2.45) is 11.8 Å². The van der Waals surface area contributed by atoms with Gasteiger partial charge in [-0.05, 0) is 51.7 Å². The first-order valence-corrected chi connectivity index (χ1v) is 13.9. The molecule has 1 saturated heterocycles. The second-order valence-corrected chi connectivity index (χ2v) is 11.7. The minimum absolute atomic E-state index is 0.00472. The average Bonchev–Trinajstić information content (AvgIpc) is 3.59. The number of aliphatic hydroxyl groups excluding tert-OH is 2. The van der Waals surface area contributed by atoms with E-state index in [9.17, 15) is 30.0 Å². The van der Waals surface area contributed by atoms with Gasteiger partial charge in [0.15, 0.2) is 0 Å². The lowest BCUT2D eigenvalue weighted by molar-refractivity contribution is -0.157. The molecule has 2 aliphatic heterocycles. The van der Waals surface area contributed by atoms with Crippen LogP contribution in [0, 0.1) is 11.8 Å². The molecule has 10 atom stereocenters. The van der Waals surface area contributed by atoms with E-state index in [2.05, 4.69) is 0 Å². The van der Waals surface area contributed by atoms with Crippen LogP contribution in [0.3, 0.4) is 0 Å². The minimum Gasteiger partial charge on any atom is -0.457 e. The monoisotopic (exact) mass is 552 g/mol. The van der Waals surface area contributed by atoms with E-state index in [-0.39, 0.29) is 43.3 Å². The summed E-state index contributed by atoms with van der Waals surface area (Å²) >= 11 is 0. The largest absolute Gasteiger partial charge is 0.457 e. The Morgan fingerprint density at radius 2 is 2.00 bits per heavy atom. The summed E-state index contributed by atoms with van der Waals surface area (Å²) in [5.41, 5.74) is -1.87. The Labute approximate surface area is 232 Å². The van der Waals surface area contributed by atoms with Crippen molar-refractivity contribution in [3.8, 4) is 0 Å². The van der Waals surface area contributed by atoms with Gasteiger partial charge in [-0.15, -0.1) is 0 Å². The van der Waals surface area contributed by atoms with Crippen molar-refractivity contribution in [2.75, 3.05) is 0 Å². The van der Waals surface area contributed by atoms with Gasteiger partial charge in [0, 0.05) is 25.2 Å². The Balaban J connectivity index is 2.18. The Bertz CT molecular complexity index is 919. The lowest BCUT2D eigenvalue weighted by Gasteiger charge is -2.32. The highest BCUT2D eigenvalue weighted by molar-refractivity contribution is 5.70. The fourth-order valence-corrected chi connectivity index (χ4v) is 4.98. The summed E-state index contributed by atoms with van der Waals surface area (Å²) in [6, 6.07) is 0. The van der Waals surface area contributed by atoms with Gasteiger partial charge in [0.05, 0.1) is 36.4 Å². The molecule has 0 aliphatic carbocycles.